The van der Waals surface area contributed by atoms with E-state index >= 15 is 0 Å². The maximum atomic E-state index is 10.8. The molecule has 0 radical (unpaired) electrons. The molecule has 2 heterocycles. The van der Waals surface area contributed by atoms with Gasteiger partial charge in [0.25, 0.3) is 0 Å². The van der Waals surface area contributed by atoms with Gasteiger partial charge in [-0.2, -0.15) is 4.98 Å². The van der Waals surface area contributed by atoms with Crippen LogP contribution in [0.25, 0.3) is 11.0 Å². The molecule has 0 amide bonds. The van der Waals surface area contributed by atoms with Crippen LogP contribution in [0.4, 0.5) is 11.8 Å². The fourth-order valence-corrected chi connectivity index (χ4v) is 2.61. The SMILES string of the molecule is Nc1nc(N)c2c(ccn2CCCc2ccc(C(=O)O)cc2)n1. The smallest absolute Gasteiger partial charge is 0.335 e. The summed E-state index contributed by atoms with van der Waals surface area (Å²) in [5.41, 5.74) is 14.4. The van der Waals surface area contributed by atoms with Crippen molar-refractivity contribution in [1.82, 2.24) is 14.5 Å². The van der Waals surface area contributed by atoms with E-state index in [4.69, 9.17) is 16.6 Å². The lowest BCUT2D eigenvalue weighted by Gasteiger charge is -2.07. The van der Waals surface area contributed by atoms with Crippen LogP contribution in [0, 0.1) is 0 Å². The van der Waals surface area contributed by atoms with E-state index in [9.17, 15) is 4.79 Å². The minimum Gasteiger partial charge on any atom is -0.478 e. The highest BCUT2D eigenvalue weighted by Crippen LogP contribution is 2.20. The first kappa shape index (κ1) is 14.8. The van der Waals surface area contributed by atoms with E-state index in [1.165, 1.54) is 0 Å². The zero-order chi connectivity index (χ0) is 16.4. The van der Waals surface area contributed by atoms with Gasteiger partial charge >= 0.3 is 5.97 Å². The predicted octanol–water partition coefficient (Wildman–Crippen LogP) is 1.93. The van der Waals surface area contributed by atoms with Gasteiger partial charge in [-0.25, -0.2) is 9.78 Å². The number of aryl methyl sites for hydroxylation is 2. The van der Waals surface area contributed by atoms with E-state index in [1.807, 2.05) is 29.0 Å². The topological polar surface area (TPSA) is 120 Å². The van der Waals surface area contributed by atoms with E-state index < -0.39 is 5.97 Å². The average molecular weight is 311 g/mol. The van der Waals surface area contributed by atoms with Crippen LogP contribution in [-0.4, -0.2) is 25.6 Å². The van der Waals surface area contributed by atoms with Gasteiger partial charge in [0.2, 0.25) is 5.95 Å². The number of carboxylic acid groups (broad SMARTS) is 1. The Morgan fingerprint density at radius 2 is 1.87 bits per heavy atom. The van der Waals surface area contributed by atoms with Gasteiger partial charge in [-0.15, -0.1) is 0 Å². The summed E-state index contributed by atoms with van der Waals surface area (Å²) in [5, 5.41) is 8.89. The summed E-state index contributed by atoms with van der Waals surface area (Å²) >= 11 is 0. The molecule has 7 nitrogen and oxygen atoms in total. The summed E-state index contributed by atoms with van der Waals surface area (Å²) < 4.78 is 2.01. The number of hydrogen-bond acceptors (Lipinski definition) is 5. The number of aromatic nitrogens is 3. The third-order valence-electron chi connectivity index (χ3n) is 3.72. The Hall–Kier alpha value is -3.09. The van der Waals surface area contributed by atoms with Crippen molar-refractivity contribution in [2.75, 3.05) is 11.5 Å². The highest BCUT2D eigenvalue weighted by atomic mass is 16.4. The molecule has 0 spiro atoms. The van der Waals surface area contributed by atoms with Gasteiger partial charge in [-0.1, -0.05) is 12.1 Å². The molecular weight excluding hydrogens is 294 g/mol. The average Bonchev–Trinajstić information content (AvgIpc) is 2.91. The predicted molar refractivity (Wildman–Crippen MR) is 88.1 cm³/mol. The number of carbonyl (C=O) groups is 1. The molecule has 0 atom stereocenters. The summed E-state index contributed by atoms with van der Waals surface area (Å²) in [6.07, 6.45) is 3.65. The first-order valence-electron chi connectivity index (χ1n) is 7.24. The third kappa shape index (κ3) is 3.08. The molecule has 3 rings (SSSR count). The maximum absolute atomic E-state index is 10.8. The second-order valence-corrected chi connectivity index (χ2v) is 5.32. The van der Waals surface area contributed by atoms with Crippen LogP contribution < -0.4 is 11.5 Å². The Labute approximate surface area is 132 Å². The van der Waals surface area contributed by atoms with Crippen LogP contribution in [0.1, 0.15) is 22.3 Å². The molecule has 0 aliphatic carbocycles. The number of nitrogen functional groups attached to an aromatic ring is 2. The number of nitrogens with zero attached hydrogens (tertiary/aromatic N) is 3. The van der Waals surface area contributed by atoms with Gasteiger partial charge in [-0.3, -0.25) is 0 Å². The quantitative estimate of drug-likeness (QED) is 0.662. The molecule has 0 saturated carbocycles. The van der Waals surface area contributed by atoms with Gasteiger partial charge in [0, 0.05) is 12.7 Å². The van der Waals surface area contributed by atoms with E-state index in [1.54, 1.807) is 12.1 Å². The number of anilines is 2. The van der Waals surface area contributed by atoms with E-state index in [0.29, 0.717) is 11.4 Å². The number of rotatable bonds is 5. The largest absolute Gasteiger partial charge is 0.478 e. The number of nitrogens with two attached hydrogens (primary N) is 2. The Morgan fingerprint density at radius 3 is 2.57 bits per heavy atom. The Bertz CT molecular complexity index is 855. The van der Waals surface area contributed by atoms with Gasteiger partial charge in [-0.05, 0) is 36.6 Å². The van der Waals surface area contributed by atoms with E-state index in [0.717, 1.165) is 36.0 Å². The number of hydrogen-bond donors (Lipinski definition) is 3. The Morgan fingerprint density at radius 1 is 1.13 bits per heavy atom. The molecule has 1 aromatic carbocycles. The number of aromatic carboxylic acids is 1. The van der Waals surface area contributed by atoms with Gasteiger partial charge in [0.15, 0.2) is 5.82 Å². The highest BCUT2D eigenvalue weighted by molar-refractivity contribution is 5.87. The molecule has 2 aromatic heterocycles. The summed E-state index contributed by atoms with van der Waals surface area (Å²) in [4.78, 5) is 19.0. The number of carboxylic acids is 1. The van der Waals surface area contributed by atoms with E-state index in [2.05, 4.69) is 9.97 Å². The van der Waals surface area contributed by atoms with Crippen molar-refractivity contribution in [1.29, 1.82) is 0 Å². The first-order valence-corrected chi connectivity index (χ1v) is 7.24. The molecule has 23 heavy (non-hydrogen) atoms. The van der Waals surface area contributed by atoms with Crippen LogP contribution in [0.15, 0.2) is 36.5 Å². The Balaban J connectivity index is 1.68. The van der Waals surface area contributed by atoms with Crippen molar-refractivity contribution in [3.8, 4) is 0 Å². The molecule has 0 aliphatic rings. The lowest BCUT2D eigenvalue weighted by Crippen LogP contribution is -2.04. The second kappa shape index (κ2) is 5.96. The molecule has 0 bridgehead atoms. The van der Waals surface area contributed by atoms with Crippen molar-refractivity contribution in [2.45, 2.75) is 19.4 Å². The first-order chi connectivity index (χ1) is 11.0. The van der Waals surface area contributed by atoms with Crippen molar-refractivity contribution in [3.63, 3.8) is 0 Å². The molecule has 0 unspecified atom stereocenters. The van der Waals surface area contributed by atoms with Crippen molar-refractivity contribution >= 4 is 28.8 Å². The van der Waals surface area contributed by atoms with Gasteiger partial charge < -0.3 is 21.1 Å². The maximum Gasteiger partial charge on any atom is 0.335 e. The number of benzene rings is 1. The molecule has 0 saturated heterocycles. The fourth-order valence-electron chi connectivity index (χ4n) is 2.61. The molecule has 7 heteroatoms. The second-order valence-electron chi connectivity index (χ2n) is 5.32. The molecule has 118 valence electrons. The summed E-state index contributed by atoms with van der Waals surface area (Å²) in [5.74, 6) is -0.361. The van der Waals surface area contributed by atoms with Crippen LogP contribution in [-0.2, 0) is 13.0 Å². The van der Waals surface area contributed by atoms with Crippen LogP contribution >= 0.6 is 0 Å². The van der Waals surface area contributed by atoms with Gasteiger partial charge in [0.1, 0.15) is 5.52 Å². The number of fused-ring (bicyclic) bond motifs is 1. The lowest BCUT2D eigenvalue weighted by atomic mass is 10.1. The fraction of sp³-hybridized carbons (Fsp3) is 0.188. The standard InChI is InChI=1S/C16H17N5O2/c17-14-13-12(19-16(18)20-14)7-9-21(13)8-1-2-10-3-5-11(6-4-10)15(22)23/h3-7,9H,1-2,8H2,(H,22,23)(H4,17,18,19,20). The molecule has 0 fully saturated rings. The van der Waals surface area contributed by atoms with Crippen LogP contribution in [0.2, 0.25) is 0 Å². The summed E-state index contributed by atoms with van der Waals surface area (Å²) in [6.45, 7) is 0.766. The van der Waals surface area contributed by atoms with Crippen molar-refractivity contribution in [2.24, 2.45) is 0 Å². The molecule has 3 aromatic rings. The zero-order valence-corrected chi connectivity index (χ0v) is 12.4. The molecule has 0 aliphatic heterocycles. The highest BCUT2D eigenvalue weighted by Gasteiger charge is 2.08. The monoisotopic (exact) mass is 311 g/mol. The summed E-state index contributed by atoms with van der Waals surface area (Å²) in [7, 11) is 0. The van der Waals surface area contributed by atoms with Crippen LogP contribution in [0.5, 0.6) is 0 Å². The third-order valence-corrected chi connectivity index (χ3v) is 3.72. The van der Waals surface area contributed by atoms with Crippen LogP contribution in [0.3, 0.4) is 0 Å². The van der Waals surface area contributed by atoms with Crippen molar-refractivity contribution in [3.05, 3.63) is 47.7 Å². The molecular formula is C16H17N5O2. The normalized spacial score (nSPS) is 11.0. The zero-order valence-electron chi connectivity index (χ0n) is 12.4. The van der Waals surface area contributed by atoms with E-state index in [-0.39, 0.29) is 5.95 Å². The van der Waals surface area contributed by atoms with Gasteiger partial charge in [0.05, 0.1) is 11.1 Å². The van der Waals surface area contributed by atoms with Crippen molar-refractivity contribution < 1.29 is 9.90 Å². The lowest BCUT2D eigenvalue weighted by molar-refractivity contribution is 0.0697. The summed E-state index contributed by atoms with van der Waals surface area (Å²) in [6, 6.07) is 8.80. The molecule has 5 N–H and O–H groups in total. The Kier molecular flexibility index (Phi) is 3.84. The minimum atomic E-state index is -0.912. The minimum absolute atomic E-state index is 0.172.